The molecule has 7 heteroatoms. The molecule has 0 saturated heterocycles. The second-order valence-electron chi connectivity index (χ2n) is 7.23. The molecule has 2 aromatic carbocycles. The monoisotopic (exact) mass is 421 g/mol. The number of para-hydroxylation sites is 1. The molecular formula is C24H27N3O4. The van der Waals surface area contributed by atoms with Crippen molar-refractivity contribution in [2.75, 3.05) is 7.11 Å². The quantitative estimate of drug-likeness (QED) is 0.310. The Balaban J connectivity index is 1.88. The molecule has 3 aromatic rings. The van der Waals surface area contributed by atoms with E-state index in [-0.39, 0.29) is 11.3 Å². The van der Waals surface area contributed by atoms with Gasteiger partial charge in [-0.05, 0) is 48.4 Å². The summed E-state index contributed by atoms with van der Waals surface area (Å²) in [7, 11) is 1.58. The van der Waals surface area contributed by atoms with Crippen molar-refractivity contribution in [1.29, 1.82) is 0 Å². The van der Waals surface area contributed by atoms with Gasteiger partial charge in [0.05, 0.1) is 18.8 Å². The molecule has 1 aromatic heterocycles. The van der Waals surface area contributed by atoms with Gasteiger partial charge in [0, 0.05) is 11.9 Å². The smallest absolute Gasteiger partial charge is 0.280 e. The second-order valence-corrected chi connectivity index (χ2v) is 7.23. The van der Waals surface area contributed by atoms with Crippen LogP contribution in [0, 0.1) is 0 Å². The zero-order valence-corrected chi connectivity index (χ0v) is 17.8. The first kappa shape index (κ1) is 22.1. The minimum absolute atomic E-state index is 0.305. The number of nitrogens with one attached hydrogen (secondary N) is 1. The molecule has 7 nitrogen and oxygen atoms in total. The van der Waals surface area contributed by atoms with Crippen molar-refractivity contribution in [2.24, 2.45) is 5.10 Å². The third-order valence-corrected chi connectivity index (χ3v) is 5.10. The third-order valence-electron chi connectivity index (χ3n) is 5.10. The highest BCUT2D eigenvalue weighted by molar-refractivity contribution is 6.02. The molecule has 0 aliphatic carbocycles. The highest BCUT2D eigenvalue weighted by Gasteiger charge is 2.21. The molecule has 0 aliphatic heterocycles. The number of hydrogen-bond donors (Lipinski definition) is 2. The predicted molar refractivity (Wildman–Crippen MR) is 122 cm³/mol. The van der Waals surface area contributed by atoms with Gasteiger partial charge in [0.1, 0.15) is 17.1 Å². The van der Waals surface area contributed by atoms with Gasteiger partial charge in [-0.1, -0.05) is 38.3 Å². The maximum absolute atomic E-state index is 13.1. The Labute approximate surface area is 181 Å². The molecule has 31 heavy (non-hydrogen) atoms. The Hall–Kier alpha value is -3.61. The van der Waals surface area contributed by atoms with Crippen LogP contribution in [-0.2, 0) is 6.54 Å². The summed E-state index contributed by atoms with van der Waals surface area (Å²) in [6.07, 6.45) is 5.44. The summed E-state index contributed by atoms with van der Waals surface area (Å²) in [6.45, 7) is 2.60. The number of carbonyl (C=O) groups is 1. The first-order chi connectivity index (χ1) is 15.1. The normalized spacial score (nSPS) is 11.2. The second kappa shape index (κ2) is 10.4. The molecule has 3 rings (SSSR count). The van der Waals surface area contributed by atoms with Crippen molar-refractivity contribution in [1.82, 2.24) is 9.99 Å². The zero-order valence-electron chi connectivity index (χ0n) is 17.8. The summed E-state index contributed by atoms with van der Waals surface area (Å²) in [5.74, 6) is -0.371. The molecule has 0 fully saturated rings. The Bertz CT molecular complexity index is 1130. The highest BCUT2D eigenvalue weighted by atomic mass is 16.5. The van der Waals surface area contributed by atoms with Crippen LogP contribution >= 0.6 is 0 Å². The molecule has 0 aliphatic rings. The lowest BCUT2D eigenvalue weighted by molar-refractivity contribution is 0.0950. The molecule has 0 saturated carbocycles. The van der Waals surface area contributed by atoms with Crippen molar-refractivity contribution >= 4 is 23.0 Å². The number of carbonyl (C=O) groups excluding carboxylic acids is 1. The summed E-state index contributed by atoms with van der Waals surface area (Å²) in [6, 6.07) is 14.2. The van der Waals surface area contributed by atoms with E-state index in [4.69, 9.17) is 4.74 Å². The largest absolute Gasteiger partial charge is 0.506 e. The Morgan fingerprint density at radius 2 is 1.87 bits per heavy atom. The number of amides is 1. The van der Waals surface area contributed by atoms with Crippen LogP contribution in [0.5, 0.6) is 11.5 Å². The van der Waals surface area contributed by atoms with Gasteiger partial charge in [0.15, 0.2) is 0 Å². The summed E-state index contributed by atoms with van der Waals surface area (Å²) < 4.78 is 6.67. The number of aryl methyl sites for hydroxylation is 1. The van der Waals surface area contributed by atoms with E-state index in [0.717, 1.165) is 31.2 Å². The van der Waals surface area contributed by atoms with E-state index >= 15 is 0 Å². The molecule has 0 unspecified atom stereocenters. The average molecular weight is 421 g/mol. The topological polar surface area (TPSA) is 92.9 Å². The van der Waals surface area contributed by atoms with Gasteiger partial charge in [0.2, 0.25) is 0 Å². The Kier molecular flexibility index (Phi) is 7.43. The van der Waals surface area contributed by atoms with E-state index in [0.29, 0.717) is 23.2 Å². The van der Waals surface area contributed by atoms with E-state index in [1.807, 2.05) is 6.07 Å². The van der Waals surface area contributed by atoms with Gasteiger partial charge in [0.25, 0.3) is 11.5 Å². The number of methoxy groups -OCH3 is 1. The highest BCUT2D eigenvalue weighted by Crippen LogP contribution is 2.26. The van der Waals surface area contributed by atoms with Crippen molar-refractivity contribution in [3.63, 3.8) is 0 Å². The van der Waals surface area contributed by atoms with Crippen LogP contribution in [0.15, 0.2) is 58.4 Å². The lowest BCUT2D eigenvalue weighted by Gasteiger charge is -2.14. The first-order valence-corrected chi connectivity index (χ1v) is 10.4. The van der Waals surface area contributed by atoms with Crippen LogP contribution in [0.25, 0.3) is 10.9 Å². The number of aromatic hydroxyl groups is 1. The lowest BCUT2D eigenvalue weighted by atomic mass is 10.1. The molecule has 0 bridgehead atoms. The summed E-state index contributed by atoms with van der Waals surface area (Å²) in [4.78, 5) is 25.8. The van der Waals surface area contributed by atoms with E-state index in [1.54, 1.807) is 54.1 Å². The Morgan fingerprint density at radius 3 is 2.58 bits per heavy atom. The van der Waals surface area contributed by atoms with Crippen LogP contribution in [-0.4, -0.2) is 28.9 Å². The van der Waals surface area contributed by atoms with Gasteiger partial charge in [-0.15, -0.1) is 0 Å². The van der Waals surface area contributed by atoms with Crippen molar-refractivity contribution in [2.45, 2.75) is 39.2 Å². The number of benzene rings is 2. The molecule has 0 atom stereocenters. The van der Waals surface area contributed by atoms with Crippen LogP contribution in [0.2, 0.25) is 0 Å². The van der Waals surface area contributed by atoms with Gasteiger partial charge >= 0.3 is 0 Å². The number of hydrogen-bond acceptors (Lipinski definition) is 5. The fraction of sp³-hybridized carbons (Fsp3) is 0.292. The van der Waals surface area contributed by atoms with E-state index < -0.39 is 11.5 Å². The van der Waals surface area contributed by atoms with Crippen LogP contribution < -0.4 is 15.7 Å². The van der Waals surface area contributed by atoms with Gasteiger partial charge in [-0.2, -0.15) is 5.10 Å². The fourth-order valence-electron chi connectivity index (χ4n) is 3.42. The summed E-state index contributed by atoms with van der Waals surface area (Å²) >= 11 is 0. The predicted octanol–water partition coefficient (Wildman–Crippen LogP) is 4.06. The summed E-state index contributed by atoms with van der Waals surface area (Å²) in [5, 5.41) is 15.1. The van der Waals surface area contributed by atoms with Crippen LogP contribution in [0.4, 0.5) is 0 Å². The number of rotatable bonds is 9. The van der Waals surface area contributed by atoms with E-state index in [2.05, 4.69) is 17.5 Å². The number of aromatic nitrogens is 1. The SMILES string of the molecule is CCCCCCn1c(=O)c(C(=O)N/N=C/c2ccc(OC)cc2)c(O)c2ccccc21. The first-order valence-electron chi connectivity index (χ1n) is 10.4. The minimum atomic E-state index is -0.750. The standard InChI is InChI=1S/C24H27N3O4/c1-3-4-5-8-15-27-20-10-7-6-9-19(20)22(28)21(24(27)30)23(29)26-25-16-17-11-13-18(31-2)14-12-17/h6-7,9-14,16,28H,3-5,8,15H2,1-2H3,(H,26,29)/b25-16+. The van der Waals surface area contributed by atoms with Gasteiger partial charge in [-0.3, -0.25) is 9.59 Å². The number of nitrogens with zero attached hydrogens (tertiary/aromatic N) is 2. The number of ether oxygens (including phenoxy) is 1. The lowest BCUT2D eigenvalue weighted by Crippen LogP contribution is -2.31. The zero-order chi connectivity index (χ0) is 22.2. The molecule has 0 radical (unpaired) electrons. The maximum Gasteiger partial charge on any atom is 0.280 e. The molecular weight excluding hydrogens is 394 g/mol. The average Bonchev–Trinajstić information content (AvgIpc) is 2.79. The number of hydrazone groups is 1. The van der Waals surface area contributed by atoms with E-state index in [9.17, 15) is 14.7 Å². The molecule has 0 spiro atoms. The van der Waals surface area contributed by atoms with E-state index in [1.165, 1.54) is 6.21 Å². The molecule has 2 N–H and O–H groups in total. The summed E-state index contributed by atoms with van der Waals surface area (Å²) in [5.41, 5.74) is 2.88. The minimum Gasteiger partial charge on any atom is -0.506 e. The molecule has 162 valence electrons. The van der Waals surface area contributed by atoms with Crippen molar-refractivity contribution in [3.05, 3.63) is 70.0 Å². The molecule has 1 amide bonds. The third kappa shape index (κ3) is 5.12. The van der Waals surface area contributed by atoms with Crippen LogP contribution in [0.1, 0.15) is 48.5 Å². The van der Waals surface area contributed by atoms with Gasteiger partial charge < -0.3 is 14.4 Å². The maximum atomic E-state index is 13.1. The van der Waals surface area contributed by atoms with Gasteiger partial charge in [-0.25, -0.2) is 5.43 Å². The fourth-order valence-corrected chi connectivity index (χ4v) is 3.42. The number of unbranched alkanes of at least 4 members (excludes halogenated alkanes) is 3. The van der Waals surface area contributed by atoms with Crippen molar-refractivity contribution in [3.8, 4) is 11.5 Å². The van der Waals surface area contributed by atoms with Crippen LogP contribution in [0.3, 0.4) is 0 Å². The number of fused-ring (bicyclic) bond motifs is 1. The molecule has 1 heterocycles. The Morgan fingerprint density at radius 1 is 1.13 bits per heavy atom. The number of pyridine rings is 1. The van der Waals surface area contributed by atoms with Crippen molar-refractivity contribution < 1.29 is 14.6 Å².